The first kappa shape index (κ1) is 27.6. The fraction of sp³-hybridized carbons (Fsp3) is 0.318. The Hall–Kier alpha value is -2.62. The maximum atomic E-state index is 14.0. The lowest BCUT2D eigenvalue weighted by Crippen LogP contribution is -2.39. The number of benzene rings is 2. The van der Waals surface area contributed by atoms with Crippen LogP contribution in [0.5, 0.6) is 0 Å². The van der Waals surface area contributed by atoms with Gasteiger partial charge in [-0.05, 0) is 6.08 Å². The van der Waals surface area contributed by atoms with Crippen molar-refractivity contribution in [3.05, 3.63) is 77.9 Å². The van der Waals surface area contributed by atoms with Gasteiger partial charge in [-0.1, -0.05) is 60.7 Å². The van der Waals surface area contributed by atoms with Crippen LogP contribution in [0.15, 0.2) is 66.7 Å². The molecule has 0 aliphatic heterocycles. The summed E-state index contributed by atoms with van der Waals surface area (Å²) in [5, 5.41) is 0. The van der Waals surface area contributed by atoms with E-state index in [1.54, 1.807) is 0 Å². The van der Waals surface area contributed by atoms with E-state index in [0.29, 0.717) is 0 Å². The second-order valence-electron chi connectivity index (χ2n) is 7.01. The number of carbonyl (C=O) groups is 1. The lowest BCUT2D eigenvalue weighted by atomic mass is 9.84. The molecule has 2 unspecified atom stereocenters. The van der Waals surface area contributed by atoms with Crippen molar-refractivity contribution in [1.82, 2.24) is 0 Å². The lowest BCUT2D eigenvalue weighted by molar-refractivity contribution is -0.241. The van der Waals surface area contributed by atoms with Crippen LogP contribution in [0, 0.1) is 11.8 Å². The molecule has 2 aromatic carbocycles. The Morgan fingerprint density at radius 2 is 1.32 bits per heavy atom. The van der Waals surface area contributed by atoms with Gasteiger partial charge in [0.2, 0.25) is 0 Å². The van der Waals surface area contributed by atoms with E-state index in [2.05, 4.69) is 9.05 Å². The second-order valence-corrected chi connectivity index (χ2v) is 8.82. The number of ketones is 1. The molecule has 0 aromatic heterocycles. The topological polar surface area (TPSA) is 61.8 Å². The standard InChI is InChI=1S/C22H21F6O5P/c1-31-34(30,32-2)33-20(16-11-7-4-8-12-16)14-18(22(26,27)28)17(21(23,24)25)13-19(29)15-9-5-3-6-10-15/h3-12,14,17-18H,13H2,1-2H3/b20-14-. The zero-order valence-corrected chi connectivity index (χ0v) is 18.9. The van der Waals surface area contributed by atoms with Crippen LogP contribution in [-0.4, -0.2) is 32.4 Å². The Balaban J connectivity index is 2.61. The molecule has 0 fully saturated rings. The minimum atomic E-state index is -5.44. The Kier molecular flexibility index (Phi) is 9.10. The van der Waals surface area contributed by atoms with Crippen LogP contribution >= 0.6 is 7.82 Å². The molecule has 0 saturated heterocycles. The first-order valence-electron chi connectivity index (χ1n) is 9.70. The summed E-state index contributed by atoms with van der Waals surface area (Å²) in [5.74, 6) is -8.28. The Morgan fingerprint density at radius 1 is 0.853 bits per heavy atom. The Morgan fingerprint density at radius 3 is 1.74 bits per heavy atom. The highest BCUT2D eigenvalue weighted by atomic mass is 31.2. The number of hydrogen-bond acceptors (Lipinski definition) is 5. The van der Waals surface area contributed by atoms with Crippen molar-refractivity contribution in [2.24, 2.45) is 11.8 Å². The normalized spacial score (nSPS) is 15.0. The van der Waals surface area contributed by atoms with E-state index in [1.807, 2.05) is 0 Å². The molecule has 186 valence electrons. The van der Waals surface area contributed by atoms with E-state index in [1.165, 1.54) is 60.7 Å². The largest absolute Gasteiger partial charge is 0.529 e. The highest BCUT2D eigenvalue weighted by Gasteiger charge is 2.55. The van der Waals surface area contributed by atoms with Crippen LogP contribution in [-0.2, 0) is 18.1 Å². The number of phosphoric acid groups is 1. The smallest absolute Gasteiger partial charge is 0.404 e. The third kappa shape index (κ3) is 7.44. The average molecular weight is 510 g/mol. The number of phosphoric ester groups is 1. The van der Waals surface area contributed by atoms with Crippen LogP contribution in [0.2, 0.25) is 0 Å². The number of alkyl halides is 6. The summed E-state index contributed by atoms with van der Waals surface area (Å²) >= 11 is 0. The van der Waals surface area contributed by atoms with Gasteiger partial charge in [-0.3, -0.25) is 13.8 Å². The minimum Gasteiger partial charge on any atom is -0.404 e. The lowest BCUT2D eigenvalue weighted by Gasteiger charge is -2.29. The average Bonchev–Trinajstić information content (AvgIpc) is 2.80. The highest BCUT2D eigenvalue weighted by Crippen LogP contribution is 2.53. The molecule has 0 saturated carbocycles. The molecule has 0 spiro atoms. The maximum absolute atomic E-state index is 14.0. The van der Waals surface area contributed by atoms with E-state index in [4.69, 9.17) is 4.52 Å². The first-order valence-corrected chi connectivity index (χ1v) is 11.2. The van der Waals surface area contributed by atoms with Gasteiger partial charge in [-0.25, -0.2) is 4.57 Å². The number of halogens is 6. The van der Waals surface area contributed by atoms with Gasteiger partial charge in [-0.15, -0.1) is 0 Å². The Bertz CT molecular complexity index is 1010. The molecule has 2 rings (SSSR count). The van der Waals surface area contributed by atoms with Gasteiger partial charge in [0.15, 0.2) is 5.78 Å². The quantitative estimate of drug-likeness (QED) is 0.148. The summed E-state index contributed by atoms with van der Waals surface area (Å²) < 4.78 is 110. The van der Waals surface area contributed by atoms with Gasteiger partial charge in [0.05, 0.1) is 11.8 Å². The monoisotopic (exact) mass is 510 g/mol. The molecular weight excluding hydrogens is 489 g/mol. The van der Waals surface area contributed by atoms with Crippen LogP contribution < -0.4 is 0 Å². The summed E-state index contributed by atoms with van der Waals surface area (Å²) in [7, 11) is -2.65. The molecule has 5 nitrogen and oxygen atoms in total. The summed E-state index contributed by atoms with van der Waals surface area (Å²) in [5.41, 5.74) is -0.272. The third-order valence-corrected chi connectivity index (χ3v) is 6.09. The van der Waals surface area contributed by atoms with Crippen LogP contribution in [0.25, 0.3) is 5.76 Å². The van der Waals surface area contributed by atoms with Crippen LogP contribution in [0.4, 0.5) is 26.3 Å². The molecule has 0 bridgehead atoms. The van der Waals surface area contributed by atoms with Gasteiger partial charge in [0.25, 0.3) is 0 Å². The van der Waals surface area contributed by atoms with Gasteiger partial charge in [-0.2, -0.15) is 26.3 Å². The Labute approximate surface area is 191 Å². The maximum Gasteiger partial charge on any atom is 0.529 e. The molecule has 0 aliphatic carbocycles. The molecule has 2 aromatic rings. The van der Waals surface area contributed by atoms with Gasteiger partial charge >= 0.3 is 20.2 Å². The van der Waals surface area contributed by atoms with Crippen LogP contribution in [0.3, 0.4) is 0 Å². The molecule has 34 heavy (non-hydrogen) atoms. The predicted octanol–water partition coefficient (Wildman–Crippen LogP) is 7.08. The molecule has 0 aliphatic rings. The van der Waals surface area contributed by atoms with E-state index >= 15 is 0 Å². The van der Waals surface area contributed by atoms with E-state index in [-0.39, 0.29) is 17.2 Å². The molecular formula is C22H21F6O5P. The predicted molar refractivity (Wildman–Crippen MR) is 112 cm³/mol. The van der Waals surface area contributed by atoms with Crippen molar-refractivity contribution < 1.29 is 49.3 Å². The number of allylic oxidation sites excluding steroid dienone is 1. The molecule has 12 heteroatoms. The summed E-state index contributed by atoms with van der Waals surface area (Å²) in [6, 6.07) is 13.5. The number of rotatable bonds is 10. The fourth-order valence-electron chi connectivity index (χ4n) is 3.04. The first-order chi connectivity index (χ1) is 15.8. The summed E-state index contributed by atoms with van der Waals surface area (Å²) in [6.45, 7) is 0. The zero-order valence-electron chi connectivity index (χ0n) is 18.0. The van der Waals surface area contributed by atoms with Gasteiger partial charge < -0.3 is 4.52 Å². The molecule has 0 N–H and O–H groups in total. The SMILES string of the molecule is COP(=O)(OC)O/C(=C\C(C(CC(=O)c1ccccc1)C(F)(F)F)C(F)(F)F)c1ccccc1. The van der Waals surface area contributed by atoms with E-state index in [9.17, 15) is 35.7 Å². The second kappa shape index (κ2) is 11.2. The summed E-state index contributed by atoms with van der Waals surface area (Å²) in [4.78, 5) is 12.4. The fourth-order valence-corrected chi connectivity index (χ4v) is 3.75. The summed E-state index contributed by atoms with van der Waals surface area (Å²) in [6.07, 6.45) is -12.2. The number of Topliss-reactive ketones (excluding diaryl/α,β-unsaturated/α-hetero) is 1. The molecule has 0 amide bonds. The number of hydrogen-bond donors (Lipinski definition) is 0. The van der Waals surface area contributed by atoms with Gasteiger partial charge in [0.1, 0.15) is 5.76 Å². The zero-order chi connectivity index (χ0) is 25.6. The van der Waals surface area contributed by atoms with Crippen molar-refractivity contribution >= 4 is 19.4 Å². The van der Waals surface area contributed by atoms with Crippen molar-refractivity contribution in [3.63, 3.8) is 0 Å². The molecule has 0 heterocycles. The third-order valence-electron chi connectivity index (χ3n) is 4.78. The molecule has 0 radical (unpaired) electrons. The van der Waals surface area contributed by atoms with E-state index in [0.717, 1.165) is 14.2 Å². The number of carbonyl (C=O) groups excluding carboxylic acids is 1. The van der Waals surface area contributed by atoms with Crippen molar-refractivity contribution in [2.45, 2.75) is 18.8 Å². The van der Waals surface area contributed by atoms with Crippen molar-refractivity contribution in [3.8, 4) is 0 Å². The van der Waals surface area contributed by atoms with Crippen molar-refractivity contribution in [2.75, 3.05) is 14.2 Å². The molecule has 2 atom stereocenters. The highest BCUT2D eigenvalue weighted by molar-refractivity contribution is 7.48. The van der Waals surface area contributed by atoms with Crippen molar-refractivity contribution in [1.29, 1.82) is 0 Å². The van der Waals surface area contributed by atoms with E-state index < -0.39 is 50.0 Å². The minimum absolute atomic E-state index is 0.110. The van der Waals surface area contributed by atoms with Gasteiger partial charge in [0, 0.05) is 31.8 Å². The van der Waals surface area contributed by atoms with Crippen LogP contribution in [0.1, 0.15) is 22.3 Å².